The molecule has 0 fully saturated rings. The second kappa shape index (κ2) is 10.1. The lowest BCUT2D eigenvalue weighted by Gasteiger charge is -2.14. The highest BCUT2D eigenvalue weighted by molar-refractivity contribution is 6.34. The third-order valence-corrected chi connectivity index (χ3v) is 5.01. The number of fused-ring (bicyclic) bond motifs is 1. The minimum atomic E-state index is -0.479. The second-order valence-corrected chi connectivity index (χ2v) is 7.18. The average molecular weight is 409 g/mol. The quantitative estimate of drug-likeness (QED) is 0.313. The van der Waals surface area contributed by atoms with E-state index in [0.717, 1.165) is 30.6 Å². The SMILES string of the molecule is CCCCCCCOC(=O)c1ccc2c(c1)C(=O)N(c1ccc(OCC)cc1)C2=O. The number of amides is 2. The summed E-state index contributed by atoms with van der Waals surface area (Å²) in [7, 11) is 0. The summed E-state index contributed by atoms with van der Waals surface area (Å²) in [5.74, 6) is -0.672. The van der Waals surface area contributed by atoms with Crippen LogP contribution < -0.4 is 9.64 Å². The van der Waals surface area contributed by atoms with Gasteiger partial charge in [0.25, 0.3) is 11.8 Å². The van der Waals surface area contributed by atoms with Crippen molar-refractivity contribution in [2.45, 2.75) is 46.0 Å². The zero-order valence-corrected chi connectivity index (χ0v) is 17.5. The number of benzene rings is 2. The monoisotopic (exact) mass is 409 g/mol. The Morgan fingerprint density at radius 3 is 2.27 bits per heavy atom. The Bertz CT molecular complexity index is 920. The van der Waals surface area contributed by atoms with E-state index in [0.29, 0.717) is 24.7 Å². The summed E-state index contributed by atoms with van der Waals surface area (Å²) in [6.45, 7) is 4.92. The molecule has 30 heavy (non-hydrogen) atoms. The summed E-state index contributed by atoms with van der Waals surface area (Å²) in [5, 5.41) is 0. The number of unbranched alkanes of at least 4 members (excludes halogenated alkanes) is 4. The molecule has 0 aromatic heterocycles. The Kier molecular flexibility index (Phi) is 7.22. The van der Waals surface area contributed by atoms with Gasteiger partial charge in [0.05, 0.1) is 35.6 Å². The zero-order chi connectivity index (χ0) is 21.5. The van der Waals surface area contributed by atoms with Gasteiger partial charge in [-0.05, 0) is 55.8 Å². The maximum Gasteiger partial charge on any atom is 0.338 e. The van der Waals surface area contributed by atoms with Crippen LogP contribution in [0, 0.1) is 0 Å². The Labute approximate surface area is 176 Å². The van der Waals surface area contributed by atoms with Crippen molar-refractivity contribution in [1.82, 2.24) is 0 Å². The van der Waals surface area contributed by atoms with Crippen LogP contribution in [0.4, 0.5) is 5.69 Å². The van der Waals surface area contributed by atoms with Gasteiger partial charge in [0.1, 0.15) is 5.75 Å². The molecule has 2 aromatic carbocycles. The van der Waals surface area contributed by atoms with Crippen LogP contribution in [0.25, 0.3) is 0 Å². The van der Waals surface area contributed by atoms with Gasteiger partial charge in [-0.25, -0.2) is 9.69 Å². The Morgan fingerprint density at radius 1 is 0.867 bits per heavy atom. The molecule has 158 valence electrons. The number of imide groups is 1. The van der Waals surface area contributed by atoms with Crippen LogP contribution in [0.2, 0.25) is 0 Å². The summed E-state index contributed by atoms with van der Waals surface area (Å²) in [4.78, 5) is 39.1. The van der Waals surface area contributed by atoms with Crippen LogP contribution in [-0.4, -0.2) is 31.0 Å². The Morgan fingerprint density at radius 2 is 1.57 bits per heavy atom. The lowest BCUT2D eigenvalue weighted by Crippen LogP contribution is -2.29. The first-order valence-corrected chi connectivity index (χ1v) is 10.5. The highest BCUT2D eigenvalue weighted by Crippen LogP contribution is 2.30. The number of ether oxygens (including phenoxy) is 2. The predicted molar refractivity (Wildman–Crippen MR) is 114 cm³/mol. The molecule has 0 unspecified atom stereocenters. The number of hydrogen-bond acceptors (Lipinski definition) is 5. The molecule has 2 amide bonds. The molecule has 3 rings (SSSR count). The molecule has 1 aliphatic heterocycles. The number of anilines is 1. The van der Waals surface area contributed by atoms with Gasteiger partial charge < -0.3 is 9.47 Å². The van der Waals surface area contributed by atoms with E-state index >= 15 is 0 Å². The van der Waals surface area contributed by atoms with E-state index < -0.39 is 17.8 Å². The molecular weight excluding hydrogens is 382 g/mol. The van der Waals surface area contributed by atoms with E-state index in [9.17, 15) is 14.4 Å². The lowest BCUT2D eigenvalue weighted by molar-refractivity contribution is 0.0497. The van der Waals surface area contributed by atoms with Crippen molar-refractivity contribution in [3.05, 3.63) is 59.2 Å². The number of carbonyl (C=O) groups is 3. The van der Waals surface area contributed by atoms with Gasteiger partial charge in [0.15, 0.2) is 0 Å². The van der Waals surface area contributed by atoms with E-state index in [4.69, 9.17) is 9.47 Å². The van der Waals surface area contributed by atoms with E-state index in [1.54, 1.807) is 24.3 Å². The average Bonchev–Trinajstić information content (AvgIpc) is 3.01. The number of esters is 1. The molecule has 0 saturated carbocycles. The summed E-state index contributed by atoms with van der Waals surface area (Å²) in [5.41, 5.74) is 1.23. The molecule has 0 aliphatic carbocycles. The first-order valence-electron chi connectivity index (χ1n) is 10.5. The van der Waals surface area contributed by atoms with Crippen LogP contribution in [0.5, 0.6) is 5.75 Å². The third kappa shape index (κ3) is 4.70. The highest BCUT2D eigenvalue weighted by atomic mass is 16.5. The van der Waals surface area contributed by atoms with Gasteiger partial charge in [0.2, 0.25) is 0 Å². The maximum absolute atomic E-state index is 12.9. The predicted octanol–water partition coefficient (Wildman–Crippen LogP) is 5.01. The number of carbonyl (C=O) groups excluding carboxylic acids is 3. The Balaban J connectivity index is 1.68. The standard InChI is InChI=1S/C24H27NO5/c1-3-5-6-7-8-15-30-24(28)17-9-14-20-21(16-17)23(27)25(22(20)26)18-10-12-19(13-11-18)29-4-2/h9-14,16H,3-8,15H2,1-2H3. The van der Waals surface area contributed by atoms with Crippen molar-refractivity contribution < 1.29 is 23.9 Å². The fraction of sp³-hybridized carbons (Fsp3) is 0.375. The first-order chi connectivity index (χ1) is 14.6. The summed E-state index contributed by atoms with van der Waals surface area (Å²) >= 11 is 0. The molecule has 6 heteroatoms. The van der Waals surface area contributed by atoms with Crippen molar-refractivity contribution in [2.75, 3.05) is 18.1 Å². The molecule has 0 radical (unpaired) electrons. The van der Waals surface area contributed by atoms with E-state index in [2.05, 4.69) is 6.92 Å². The van der Waals surface area contributed by atoms with Crippen molar-refractivity contribution >= 4 is 23.5 Å². The van der Waals surface area contributed by atoms with Gasteiger partial charge in [-0.15, -0.1) is 0 Å². The van der Waals surface area contributed by atoms with E-state index in [1.807, 2.05) is 6.92 Å². The fourth-order valence-corrected chi connectivity index (χ4v) is 3.41. The molecule has 1 heterocycles. The second-order valence-electron chi connectivity index (χ2n) is 7.18. The largest absolute Gasteiger partial charge is 0.494 e. The van der Waals surface area contributed by atoms with Crippen LogP contribution in [0.15, 0.2) is 42.5 Å². The first kappa shape index (κ1) is 21.6. The van der Waals surface area contributed by atoms with Gasteiger partial charge in [-0.3, -0.25) is 9.59 Å². The van der Waals surface area contributed by atoms with Gasteiger partial charge in [0, 0.05) is 0 Å². The van der Waals surface area contributed by atoms with Gasteiger partial charge in [-0.2, -0.15) is 0 Å². The molecule has 1 aliphatic rings. The third-order valence-electron chi connectivity index (χ3n) is 5.01. The zero-order valence-electron chi connectivity index (χ0n) is 17.5. The van der Waals surface area contributed by atoms with Crippen LogP contribution in [0.3, 0.4) is 0 Å². The lowest BCUT2D eigenvalue weighted by atomic mass is 10.1. The number of nitrogens with zero attached hydrogens (tertiary/aromatic N) is 1. The van der Waals surface area contributed by atoms with Gasteiger partial charge in [-0.1, -0.05) is 32.6 Å². The van der Waals surface area contributed by atoms with E-state index in [1.165, 1.54) is 24.6 Å². The van der Waals surface area contributed by atoms with E-state index in [-0.39, 0.29) is 16.7 Å². The van der Waals surface area contributed by atoms with Crippen molar-refractivity contribution in [2.24, 2.45) is 0 Å². The van der Waals surface area contributed by atoms with Crippen molar-refractivity contribution in [1.29, 1.82) is 0 Å². The summed E-state index contributed by atoms with van der Waals surface area (Å²) in [6.07, 6.45) is 5.31. The summed E-state index contributed by atoms with van der Waals surface area (Å²) < 4.78 is 10.7. The van der Waals surface area contributed by atoms with Crippen LogP contribution in [0.1, 0.15) is 77.0 Å². The molecular formula is C24H27NO5. The molecule has 2 aromatic rings. The number of rotatable bonds is 10. The smallest absolute Gasteiger partial charge is 0.338 e. The number of hydrogen-bond donors (Lipinski definition) is 0. The molecule has 0 N–H and O–H groups in total. The minimum Gasteiger partial charge on any atom is -0.494 e. The van der Waals surface area contributed by atoms with Crippen LogP contribution in [-0.2, 0) is 4.74 Å². The molecule has 0 saturated heterocycles. The Hall–Kier alpha value is -3.15. The van der Waals surface area contributed by atoms with Crippen molar-refractivity contribution in [3.63, 3.8) is 0 Å². The molecule has 0 bridgehead atoms. The fourth-order valence-electron chi connectivity index (χ4n) is 3.41. The maximum atomic E-state index is 12.9. The minimum absolute atomic E-state index is 0.214. The van der Waals surface area contributed by atoms with Gasteiger partial charge >= 0.3 is 5.97 Å². The topological polar surface area (TPSA) is 72.9 Å². The summed E-state index contributed by atoms with van der Waals surface area (Å²) in [6, 6.07) is 11.3. The molecule has 6 nitrogen and oxygen atoms in total. The van der Waals surface area contributed by atoms with Crippen molar-refractivity contribution in [3.8, 4) is 5.75 Å². The van der Waals surface area contributed by atoms with Crippen LogP contribution >= 0.6 is 0 Å². The highest BCUT2D eigenvalue weighted by Gasteiger charge is 2.37. The molecule has 0 atom stereocenters. The normalized spacial score (nSPS) is 12.8. The molecule has 0 spiro atoms.